The smallest absolute Gasteiger partial charge is 0.123 e. The third-order valence-corrected chi connectivity index (χ3v) is 1.90. The van der Waals surface area contributed by atoms with Gasteiger partial charge in [0.05, 0.1) is 14.1 Å². The Balaban J connectivity index is 2.83. The van der Waals surface area contributed by atoms with Crippen LogP contribution in [0, 0.1) is 0 Å². The summed E-state index contributed by atoms with van der Waals surface area (Å²) in [7, 11) is 3.87. The van der Waals surface area contributed by atoms with Gasteiger partial charge in [0.1, 0.15) is 6.54 Å². The summed E-state index contributed by atoms with van der Waals surface area (Å²) in [4.78, 5) is 0. The predicted octanol–water partition coefficient (Wildman–Crippen LogP) is 1.79. The van der Waals surface area contributed by atoms with E-state index >= 15 is 0 Å². The fourth-order valence-corrected chi connectivity index (χ4v) is 1.26. The van der Waals surface area contributed by atoms with Crippen molar-refractivity contribution < 1.29 is 4.59 Å². The molecule has 2 N–H and O–H groups in total. The maximum absolute atomic E-state index is 5.96. The lowest BCUT2D eigenvalue weighted by atomic mass is 10.2. The second-order valence-electron chi connectivity index (χ2n) is 3.53. The maximum atomic E-state index is 5.96. The van der Waals surface area contributed by atoms with E-state index in [9.17, 15) is 0 Å². The molecular weight excluding hydrogens is 172 g/mol. The van der Waals surface area contributed by atoms with Crippen LogP contribution in [0.15, 0.2) is 24.3 Å². The average molecular weight is 186 g/mol. The number of hydrogen-bond donors (Lipinski definition) is 1. The Morgan fingerprint density at radius 3 is 2.42 bits per heavy atom. The first kappa shape index (κ1) is 9.52. The van der Waals surface area contributed by atoms with Gasteiger partial charge < -0.3 is 0 Å². The maximum Gasteiger partial charge on any atom is 0.123 e. The number of hydrogen-bond acceptors (Lipinski definition) is 1. The highest BCUT2D eigenvalue weighted by Gasteiger charge is 2.11. The molecular formula is C9H14ClN2+. The van der Waals surface area contributed by atoms with Crippen LogP contribution in [0.3, 0.4) is 0 Å². The molecule has 0 aromatic heterocycles. The third kappa shape index (κ3) is 2.81. The monoisotopic (exact) mass is 185 g/mol. The number of rotatable bonds is 2. The zero-order valence-electron chi connectivity index (χ0n) is 7.42. The topological polar surface area (TPSA) is 26.0 Å². The summed E-state index contributed by atoms with van der Waals surface area (Å²) in [5.41, 5.74) is 1.09. The van der Waals surface area contributed by atoms with Gasteiger partial charge >= 0.3 is 0 Å². The van der Waals surface area contributed by atoms with Gasteiger partial charge in [-0.15, -0.1) is 0 Å². The molecule has 0 unspecified atom stereocenters. The Kier molecular flexibility index (Phi) is 2.73. The molecule has 2 nitrogen and oxygen atoms in total. The van der Waals surface area contributed by atoms with Crippen molar-refractivity contribution in [3.63, 3.8) is 0 Å². The normalized spacial score (nSPS) is 11.7. The van der Waals surface area contributed by atoms with Crippen molar-refractivity contribution in [1.82, 2.24) is 0 Å². The van der Waals surface area contributed by atoms with Crippen LogP contribution >= 0.6 is 11.6 Å². The molecule has 3 heteroatoms. The fraction of sp³-hybridized carbons (Fsp3) is 0.333. The third-order valence-electron chi connectivity index (χ3n) is 1.54. The zero-order valence-corrected chi connectivity index (χ0v) is 8.17. The SMILES string of the molecule is C[N+](C)(N)Cc1ccccc1Cl. The first-order valence-electron chi connectivity index (χ1n) is 3.84. The van der Waals surface area contributed by atoms with Crippen molar-refractivity contribution in [2.45, 2.75) is 6.54 Å². The Morgan fingerprint density at radius 1 is 1.33 bits per heavy atom. The van der Waals surface area contributed by atoms with E-state index in [0.717, 1.165) is 17.1 Å². The Morgan fingerprint density at radius 2 is 1.92 bits per heavy atom. The molecule has 0 radical (unpaired) electrons. The van der Waals surface area contributed by atoms with Crippen LogP contribution in [0.5, 0.6) is 0 Å². The Labute approximate surface area is 78.1 Å². The predicted molar refractivity (Wildman–Crippen MR) is 51.5 cm³/mol. The van der Waals surface area contributed by atoms with E-state index in [-0.39, 0.29) is 0 Å². The Bertz CT molecular complexity index is 265. The zero-order chi connectivity index (χ0) is 9.19. The van der Waals surface area contributed by atoms with Gasteiger partial charge in [-0.3, -0.25) is 0 Å². The summed E-state index contributed by atoms with van der Waals surface area (Å²) in [6.45, 7) is 0.750. The molecule has 1 aromatic rings. The van der Waals surface area contributed by atoms with Crippen LogP contribution in [0.4, 0.5) is 0 Å². The van der Waals surface area contributed by atoms with Gasteiger partial charge in [0.25, 0.3) is 0 Å². The van der Waals surface area contributed by atoms with Crippen LogP contribution in [-0.4, -0.2) is 18.7 Å². The minimum absolute atomic E-state index is 0.406. The molecule has 12 heavy (non-hydrogen) atoms. The van der Waals surface area contributed by atoms with Crippen LogP contribution in [0.25, 0.3) is 0 Å². The van der Waals surface area contributed by atoms with Crippen molar-refractivity contribution in [3.8, 4) is 0 Å². The van der Waals surface area contributed by atoms with E-state index in [1.165, 1.54) is 0 Å². The summed E-state index contributed by atoms with van der Waals surface area (Å²) in [6.07, 6.45) is 0. The van der Waals surface area contributed by atoms with Gasteiger partial charge in [-0.1, -0.05) is 29.8 Å². The van der Waals surface area contributed by atoms with Gasteiger partial charge in [0.15, 0.2) is 0 Å². The lowest BCUT2D eigenvalue weighted by Gasteiger charge is -2.22. The molecule has 0 spiro atoms. The second kappa shape index (κ2) is 3.44. The lowest BCUT2D eigenvalue weighted by molar-refractivity contribution is -0.915. The van der Waals surface area contributed by atoms with Gasteiger partial charge in [-0.2, -0.15) is 5.84 Å². The molecule has 0 aliphatic heterocycles. The van der Waals surface area contributed by atoms with E-state index in [2.05, 4.69) is 0 Å². The van der Waals surface area contributed by atoms with E-state index in [1.807, 2.05) is 38.4 Å². The minimum atomic E-state index is 0.406. The first-order chi connectivity index (χ1) is 5.49. The molecule has 0 heterocycles. The van der Waals surface area contributed by atoms with Crippen molar-refractivity contribution in [1.29, 1.82) is 0 Å². The average Bonchev–Trinajstić information content (AvgIpc) is 1.91. The van der Waals surface area contributed by atoms with E-state index < -0.39 is 0 Å². The summed E-state index contributed by atoms with van der Waals surface area (Å²) in [6, 6.07) is 7.76. The van der Waals surface area contributed by atoms with E-state index in [0.29, 0.717) is 4.59 Å². The summed E-state index contributed by atoms with van der Waals surface area (Å²) < 4.78 is 0.406. The summed E-state index contributed by atoms with van der Waals surface area (Å²) in [5.74, 6) is 5.82. The number of benzene rings is 1. The van der Waals surface area contributed by atoms with Crippen molar-refractivity contribution in [3.05, 3.63) is 34.9 Å². The molecule has 0 saturated heterocycles. The highest BCUT2D eigenvalue weighted by molar-refractivity contribution is 6.31. The number of nitrogens with zero attached hydrogens (tertiary/aromatic N) is 1. The Hall–Kier alpha value is -0.570. The molecule has 1 aromatic carbocycles. The van der Waals surface area contributed by atoms with Gasteiger partial charge in [-0.25, -0.2) is 4.59 Å². The minimum Gasteiger partial charge on any atom is -0.249 e. The molecule has 0 aliphatic carbocycles. The summed E-state index contributed by atoms with van der Waals surface area (Å²) >= 11 is 5.96. The molecule has 0 bridgehead atoms. The van der Waals surface area contributed by atoms with Crippen LogP contribution in [0.2, 0.25) is 5.02 Å². The van der Waals surface area contributed by atoms with E-state index in [4.69, 9.17) is 17.4 Å². The molecule has 0 atom stereocenters. The molecule has 0 fully saturated rings. The summed E-state index contributed by atoms with van der Waals surface area (Å²) in [5, 5.41) is 0.786. The quantitative estimate of drug-likeness (QED) is 0.425. The molecule has 0 amide bonds. The van der Waals surface area contributed by atoms with E-state index in [1.54, 1.807) is 0 Å². The largest absolute Gasteiger partial charge is 0.249 e. The van der Waals surface area contributed by atoms with Gasteiger partial charge in [0.2, 0.25) is 0 Å². The first-order valence-corrected chi connectivity index (χ1v) is 4.22. The number of nitrogens with two attached hydrogens (primary N) is 1. The van der Waals surface area contributed by atoms with Crippen molar-refractivity contribution >= 4 is 11.6 Å². The highest BCUT2D eigenvalue weighted by Crippen LogP contribution is 2.16. The van der Waals surface area contributed by atoms with Crippen LogP contribution in [-0.2, 0) is 6.54 Å². The fourth-order valence-electron chi connectivity index (χ4n) is 1.07. The number of halogens is 1. The lowest BCUT2D eigenvalue weighted by Crippen LogP contribution is -2.45. The molecule has 0 saturated carbocycles. The number of quaternary nitrogens is 1. The molecule has 1 rings (SSSR count). The standard InChI is InChI=1S/C9H14ClN2/c1-12(2,11)7-8-5-3-4-6-9(8)10/h3-6H,7,11H2,1-2H3/q+1. The van der Waals surface area contributed by atoms with Crippen molar-refractivity contribution in [2.75, 3.05) is 14.1 Å². The second-order valence-corrected chi connectivity index (χ2v) is 3.94. The van der Waals surface area contributed by atoms with Crippen LogP contribution < -0.4 is 5.84 Å². The van der Waals surface area contributed by atoms with Crippen molar-refractivity contribution in [2.24, 2.45) is 5.84 Å². The van der Waals surface area contributed by atoms with Crippen LogP contribution in [0.1, 0.15) is 5.56 Å². The molecule has 66 valence electrons. The molecule has 0 aliphatic rings. The van der Waals surface area contributed by atoms with Gasteiger partial charge in [0, 0.05) is 10.6 Å². The highest BCUT2D eigenvalue weighted by atomic mass is 35.5. The van der Waals surface area contributed by atoms with Gasteiger partial charge in [-0.05, 0) is 6.07 Å².